The van der Waals surface area contributed by atoms with Crippen LogP contribution in [-0.2, 0) is 4.79 Å². The van der Waals surface area contributed by atoms with Gasteiger partial charge in [-0.1, -0.05) is 25.0 Å². The monoisotopic (exact) mass is 312 g/mol. The average Bonchev–Trinajstić information content (AvgIpc) is 3.04. The Morgan fingerprint density at radius 2 is 1.91 bits per heavy atom. The second kappa shape index (κ2) is 4.73. The highest BCUT2D eigenvalue weighted by Crippen LogP contribution is 2.68. The van der Waals surface area contributed by atoms with Gasteiger partial charge >= 0.3 is 0 Å². The molecule has 2 nitrogen and oxygen atoms in total. The maximum Gasteiger partial charge on any atom is 0.143 e. The summed E-state index contributed by atoms with van der Waals surface area (Å²) in [5.41, 5.74) is -0.162. The molecule has 0 saturated heterocycles. The molecular weight excluding hydrogens is 284 g/mol. The highest BCUT2D eigenvalue weighted by Gasteiger charge is 2.65. The summed E-state index contributed by atoms with van der Waals surface area (Å²) in [6.07, 6.45) is 14.3. The SMILES string of the molecule is C#C[C@]1(O)CC[C@H]2[C@@H]3CCC(=C)[C@@]4(CCCC4=O)[C@H]3CC[C@@]21C. The van der Waals surface area contributed by atoms with E-state index in [9.17, 15) is 9.90 Å². The van der Waals surface area contributed by atoms with Crippen LogP contribution in [0.3, 0.4) is 0 Å². The van der Waals surface area contributed by atoms with E-state index in [2.05, 4.69) is 19.4 Å². The Hall–Kier alpha value is -1.07. The van der Waals surface area contributed by atoms with Crippen molar-refractivity contribution in [3.63, 3.8) is 0 Å². The van der Waals surface area contributed by atoms with Gasteiger partial charge in [-0.2, -0.15) is 0 Å². The van der Waals surface area contributed by atoms with E-state index in [0.29, 0.717) is 23.5 Å². The van der Waals surface area contributed by atoms with E-state index >= 15 is 0 Å². The molecule has 1 spiro atoms. The lowest BCUT2D eigenvalue weighted by molar-refractivity contribution is -0.137. The zero-order valence-corrected chi connectivity index (χ0v) is 14.2. The summed E-state index contributed by atoms with van der Waals surface area (Å²) in [5, 5.41) is 11.0. The zero-order chi connectivity index (χ0) is 16.5. The Kier molecular flexibility index (Phi) is 3.18. The van der Waals surface area contributed by atoms with Gasteiger partial charge in [0, 0.05) is 11.8 Å². The van der Waals surface area contributed by atoms with E-state index in [-0.39, 0.29) is 10.8 Å². The number of carbonyl (C=O) groups is 1. The van der Waals surface area contributed by atoms with E-state index in [1.54, 1.807) is 0 Å². The minimum atomic E-state index is -0.954. The van der Waals surface area contributed by atoms with Crippen LogP contribution in [0.15, 0.2) is 12.2 Å². The van der Waals surface area contributed by atoms with Crippen LogP contribution in [0.2, 0.25) is 0 Å². The maximum absolute atomic E-state index is 12.8. The fraction of sp³-hybridized carbons (Fsp3) is 0.762. The Balaban J connectivity index is 1.74. The second-order valence-corrected chi connectivity index (χ2v) is 8.77. The molecule has 0 aliphatic heterocycles. The van der Waals surface area contributed by atoms with Gasteiger partial charge in [0.2, 0.25) is 0 Å². The highest BCUT2D eigenvalue weighted by atomic mass is 16.3. The first-order valence-electron chi connectivity index (χ1n) is 9.31. The Labute approximate surface area is 139 Å². The summed E-state index contributed by atoms with van der Waals surface area (Å²) in [6, 6.07) is 0. The van der Waals surface area contributed by atoms with Crippen LogP contribution in [0, 0.1) is 40.9 Å². The maximum atomic E-state index is 12.8. The molecule has 4 aliphatic rings. The average molecular weight is 312 g/mol. The molecule has 0 aromatic rings. The van der Waals surface area contributed by atoms with Crippen molar-refractivity contribution in [3.8, 4) is 12.3 Å². The first-order chi connectivity index (χ1) is 10.9. The molecule has 23 heavy (non-hydrogen) atoms. The number of terminal acetylenes is 1. The number of fused-ring (bicyclic) bond motifs is 4. The molecule has 0 radical (unpaired) electrons. The second-order valence-electron chi connectivity index (χ2n) is 8.77. The molecule has 1 N–H and O–H groups in total. The highest BCUT2D eigenvalue weighted by molar-refractivity contribution is 5.90. The summed E-state index contributed by atoms with van der Waals surface area (Å²) in [5.74, 6) is 4.61. The van der Waals surface area contributed by atoms with Crippen LogP contribution in [0.25, 0.3) is 0 Å². The molecule has 0 bridgehead atoms. The summed E-state index contributed by atoms with van der Waals surface area (Å²) < 4.78 is 0. The Bertz CT molecular complexity index is 614. The van der Waals surface area contributed by atoms with E-state index in [4.69, 9.17) is 6.42 Å². The predicted octanol–water partition coefficient (Wildman–Crippen LogP) is 3.88. The van der Waals surface area contributed by atoms with Crippen LogP contribution >= 0.6 is 0 Å². The number of aliphatic hydroxyl groups is 1. The summed E-state index contributed by atoms with van der Waals surface area (Å²) in [7, 11) is 0. The van der Waals surface area contributed by atoms with Crippen LogP contribution in [0.4, 0.5) is 0 Å². The van der Waals surface area contributed by atoms with Gasteiger partial charge in [-0.15, -0.1) is 6.42 Å². The van der Waals surface area contributed by atoms with E-state index in [1.807, 2.05) is 0 Å². The summed E-state index contributed by atoms with van der Waals surface area (Å²) in [6.45, 7) is 6.54. The van der Waals surface area contributed by atoms with Gasteiger partial charge in [0.25, 0.3) is 0 Å². The van der Waals surface area contributed by atoms with Gasteiger partial charge in [-0.3, -0.25) is 4.79 Å². The number of hydrogen-bond acceptors (Lipinski definition) is 2. The lowest BCUT2D eigenvalue weighted by atomic mass is 9.47. The fourth-order valence-electron chi connectivity index (χ4n) is 7.04. The van der Waals surface area contributed by atoms with Crippen LogP contribution in [-0.4, -0.2) is 16.5 Å². The molecule has 2 heteroatoms. The standard InChI is InChI=1S/C21H28O2/c1-4-20(23)13-10-16-15-8-7-14(2)21(11-5-6-18(21)22)17(15)9-12-19(16,20)3/h1,15-17,23H,2,5-13H2,3H3/t15-,16-,17-,19-,20-,21-/m0/s1. The first kappa shape index (κ1) is 15.5. The molecule has 0 unspecified atom stereocenters. The van der Waals surface area contributed by atoms with Crippen molar-refractivity contribution < 1.29 is 9.90 Å². The number of carbonyl (C=O) groups excluding carboxylic acids is 1. The molecule has 4 aliphatic carbocycles. The molecule has 4 rings (SSSR count). The third kappa shape index (κ3) is 1.67. The molecule has 0 aromatic heterocycles. The Morgan fingerprint density at radius 3 is 2.57 bits per heavy atom. The minimum Gasteiger partial charge on any atom is -0.377 e. The van der Waals surface area contributed by atoms with Crippen molar-refractivity contribution in [1.82, 2.24) is 0 Å². The zero-order valence-electron chi connectivity index (χ0n) is 14.2. The topological polar surface area (TPSA) is 37.3 Å². The number of allylic oxidation sites excluding steroid dienone is 1. The van der Waals surface area contributed by atoms with Crippen molar-refractivity contribution in [2.24, 2.45) is 28.6 Å². The van der Waals surface area contributed by atoms with Crippen molar-refractivity contribution in [2.75, 3.05) is 0 Å². The third-order valence-corrected chi connectivity index (χ3v) is 8.34. The molecule has 6 atom stereocenters. The molecule has 0 aromatic carbocycles. The number of Topliss-reactive ketones (excluding diaryl/α,β-unsaturated/α-hetero) is 1. The van der Waals surface area contributed by atoms with Crippen LogP contribution in [0.5, 0.6) is 0 Å². The van der Waals surface area contributed by atoms with Crippen molar-refractivity contribution >= 4 is 5.78 Å². The predicted molar refractivity (Wildman–Crippen MR) is 90.5 cm³/mol. The lowest BCUT2D eigenvalue weighted by Crippen LogP contribution is -2.55. The van der Waals surface area contributed by atoms with Gasteiger partial charge in [0.1, 0.15) is 11.4 Å². The normalized spacial score (nSPS) is 52.3. The van der Waals surface area contributed by atoms with E-state index < -0.39 is 5.60 Å². The van der Waals surface area contributed by atoms with Crippen LogP contribution < -0.4 is 0 Å². The summed E-state index contributed by atoms with van der Waals surface area (Å²) in [4.78, 5) is 12.8. The quantitative estimate of drug-likeness (QED) is 0.544. The smallest absolute Gasteiger partial charge is 0.143 e. The van der Waals surface area contributed by atoms with Gasteiger partial charge in [-0.25, -0.2) is 0 Å². The first-order valence-corrected chi connectivity index (χ1v) is 9.31. The van der Waals surface area contributed by atoms with Crippen molar-refractivity contribution in [3.05, 3.63) is 12.2 Å². The largest absolute Gasteiger partial charge is 0.377 e. The van der Waals surface area contributed by atoms with Gasteiger partial charge in [0.15, 0.2) is 0 Å². The molecular formula is C21H28O2. The molecule has 0 heterocycles. The number of hydrogen-bond donors (Lipinski definition) is 1. The van der Waals surface area contributed by atoms with Crippen molar-refractivity contribution in [2.45, 2.75) is 70.3 Å². The summed E-state index contributed by atoms with van der Waals surface area (Å²) >= 11 is 0. The molecule has 124 valence electrons. The fourth-order valence-corrected chi connectivity index (χ4v) is 7.04. The molecule has 0 amide bonds. The van der Waals surface area contributed by atoms with Crippen molar-refractivity contribution in [1.29, 1.82) is 0 Å². The van der Waals surface area contributed by atoms with E-state index in [1.165, 1.54) is 5.57 Å². The van der Waals surface area contributed by atoms with E-state index in [0.717, 1.165) is 57.8 Å². The van der Waals surface area contributed by atoms with Gasteiger partial charge in [-0.05, 0) is 69.1 Å². The number of rotatable bonds is 0. The van der Waals surface area contributed by atoms with Gasteiger partial charge < -0.3 is 5.11 Å². The van der Waals surface area contributed by atoms with Crippen LogP contribution in [0.1, 0.15) is 64.7 Å². The third-order valence-electron chi connectivity index (χ3n) is 8.34. The molecule has 4 saturated carbocycles. The van der Waals surface area contributed by atoms with Gasteiger partial charge in [0.05, 0.1) is 5.41 Å². The Morgan fingerprint density at radius 1 is 1.17 bits per heavy atom. The molecule has 4 fully saturated rings. The lowest BCUT2D eigenvalue weighted by Gasteiger charge is -2.57. The number of ketones is 1. The minimum absolute atomic E-state index is 0.176.